The number of piperidine rings is 1. The second kappa shape index (κ2) is 10.9. The van der Waals surface area contributed by atoms with Gasteiger partial charge in [0.2, 0.25) is 5.91 Å². The lowest BCUT2D eigenvalue weighted by Crippen LogP contribution is -2.53. The van der Waals surface area contributed by atoms with Crippen LogP contribution in [0.25, 0.3) is 0 Å². The molecular weight excluding hydrogens is 447 g/mol. The van der Waals surface area contributed by atoms with E-state index >= 15 is 0 Å². The number of benzene rings is 2. The molecular formula is C25H32Cl2N2O3. The summed E-state index contributed by atoms with van der Waals surface area (Å²) in [5, 5.41) is 4.15. The van der Waals surface area contributed by atoms with Crippen molar-refractivity contribution in [2.45, 2.75) is 44.2 Å². The number of methoxy groups -OCH3 is 1. The smallest absolute Gasteiger partial charge is 0.234 e. The van der Waals surface area contributed by atoms with E-state index in [1.807, 2.05) is 18.2 Å². The molecule has 2 aromatic rings. The van der Waals surface area contributed by atoms with Crippen molar-refractivity contribution in [3.05, 3.63) is 64.1 Å². The van der Waals surface area contributed by atoms with Crippen molar-refractivity contribution in [3.8, 4) is 5.75 Å². The van der Waals surface area contributed by atoms with Gasteiger partial charge in [-0.1, -0.05) is 53.5 Å². The van der Waals surface area contributed by atoms with Crippen molar-refractivity contribution in [1.29, 1.82) is 0 Å². The van der Waals surface area contributed by atoms with Gasteiger partial charge >= 0.3 is 0 Å². The third-order valence-electron chi connectivity index (χ3n) is 5.93. The Hall–Kier alpha value is -1.79. The van der Waals surface area contributed by atoms with E-state index in [1.165, 1.54) is 5.56 Å². The number of hydrogen-bond acceptors (Lipinski definition) is 4. The summed E-state index contributed by atoms with van der Waals surface area (Å²) in [6.45, 7) is 6.46. The molecule has 174 valence electrons. The highest BCUT2D eigenvalue weighted by molar-refractivity contribution is 6.42. The van der Waals surface area contributed by atoms with Gasteiger partial charge in [0.05, 0.1) is 16.6 Å². The molecule has 0 radical (unpaired) electrons. The van der Waals surface area contributed by atoms with Gasteiger partial charge in [0.15, 0.2) is 0 Å². The summed E-state index contributed by atoms with van der Waals surface area (Å²) in [4.78, 5) is 14.9. The van der Waals surface area contributed by atoms with Gasteiger partial charge in [-0.25, -0.2) is 0 Å². The number of likely N-dealkylation sites (tertiary alicyclic amines) is 1. The number of amides is 1. The van der Waals surface area contributed by atoms with E-state index in [9.17, 15) is 4.79 Å². The van der Waals surface area contributed by atoms with Crippen LogP contribution in [0.3, 0.4) is 0 Å². The average molecular weight is 479 g/mol. The van der Waals surface area contributed by atoms with Crippen LogP contribution in [0.4, 0.5) is 0 Å². The third kappa shape index (κ3) is 7.11. The van der Waals surface area contributed by atoms with Gasteiger partial charge < -0.3 is 14.8 Å². The number of carbonyl (C=O) groups excluding carboxylic acids is 1. The Balaban J connectivity index is 1.47. The second-order valence-corrected chi connectivity index (χ2v) is 9.94. The van der Waals surface area contributed by atoms with Gasteiger partial charge in [-0.05, 0) is 50.8 Å². The minimum Gasteiger partial charge on any atom is -0.491 e. The molecule has 0 atom stereocenters. The molecule has 0 saturated carbocycles. The first-order chi connectivity index (χ1) is 15.2. The molecule has 5 nitrogen and oxygen atoms in total. The molecule has 1 fully saturated rings. The molecule has 32 heavy (non-hydrogen) atoms. The standard InChI is InChI=1S/C25H32Cl2N2O3/c1-24(2,16-19-7-5-4-6-8-19)28-23(30)17-29-13-11-25(31-3,12-14-29)18-32-20-9-10-21(26)22(27)15-20/h4-10,15H,11-14,16-18H2,1-3H3,(H,28,30). The van der Waals surface area contributed by atoms with Crippen molar-refractivity contribution in [2.24, 2.45) is 0 Å². The Labute approximate surface area is 201 Å². The molecule has 1 heterocycles. The number of halogens is 2. The van der Waals surface area contributed by atoms with Crippen molar-refractivity contribution in [2.75, 3.05) is 33.4 Å². The fraction of sp³-hybridized carbons (Fsp3) is 0.480. The SMILES string of the molecule is COC1(COc2ccc(Cl)c(Cl)c2)CCN(CC(=O)NC(C)(C)Cc2ccccc2)CC1. The van der Waals surface area contributed by atoms with Gasteiger partial charge in [0, 0.05) is 31.8 Å². The molecule has 0 spiro atoms. The highest BCUT2D eigenvalue weighted by atomic mass is 35.5. The molecule has 3 rings (SSSR count). The summed E-state index contributed by atoms with van der Waals surface area (Å²) in [5.74, 6) is 0.709. The maximum absolute atomic E-state index is 12.7. The monoisotopic (exact) mass is 478 g/mol. The van der Waals surface area contributed by atoms with Gasteiger partial charge in [-0.15, -0.1) is 0 Å². The van der Waals surface area contributed by atoms with E-state index < -0.39 is 0 Å². The van der Waals surface area contributed by atoms with Crippen LogP contribution < -0.4 is 10.1 Å². The number of nitrogens with zero attached hydrogens (tertiary/aromatic N) is 1. The molecule has 0 aromatic heterocycles. The topological polar surface area (TPSA) is 50.8 Å². The predicted octanol–water partition coefficient (Wildman–Crippen LogP) is 4.99. The summed E-state index contributed by atoms with van der Waals surface area (Å²) in [7, 11) is 1.71. The fourth-order valence-electron chi connectivity index (χ4n) is 4.08. The molecule has 1 aliphatic heterocycles. The van der Waals surface area contributed by atoms with Crippen molar-refractivity contribution < 1.29 is 14.3 Å². The zero-order valence-corrected chi connectivity index (χ0v) is 20.5. The number of nitrogens with one attached hydrogen (secondary N) is 1. The average Bonchev–Trinajstić information content (AvgIpc) is 2.75. The van der Waals surface area contributed by atoms with Crippen molar-refractivity contribution in [1.82, 2.24) is 10.2 Å². The molecule has 0 bridgehead atoms. The third-order valence-corrected chi connectivity index (χ3v) is 6.67. The fourth-order valence-corrected chi connectivity index (χ4v) is 4.37. The molecule has 1 N–H and O–H groups in total. The lowest BCUT2D eigenvalue weighted by Gasteiger charge is -2.40. The van der Waals surface area contributed by atoms with E-state index in [0.29, 0.717) is 28.9 Å². The van der Waals surface area contributed by atoms with Crippen molar-refractivity contribution >= 4 is 29.1 Å². The summed E-state index contributed by atoms with van der Waals surface area (Å²) in [5.41, 5.74) is 0.520. The van der Waals surface area contributed by atoms with E-state index in [0.717, 1.165) is 32.4 Å². The quantitative estimate of drug-likeness (QED) is 0.551. The first-order valence-electron chi connectivity index (χ1n) is 10.9. The predicted molar refractivity (Wildman–Crippen MR) is 130 cm³/mol. The van der Waals surface area contributed by atoms with E-state index in [-0.39, 0.29) is 17.0 Å². The number of ether oxygens (including phenoxy) is 2. The van der Waals surface area contributed by atoms with Crippen LogP contribution in [0.1, 0.15) is 32.3 Å². The van der Waals surface area contributed by atoms with Gasteiger partial charge in [-0.3, -0.25) is 9.69 Å². The largest absolute Gasteiger partial charge is 0.491 e. The Kier molecular flexibility index (Phi) is 8.45. The van der Waals surface area contributed by atoms with Crippen LogP contribution in [-0.2, 0) is 16.0 Å². The molecule has 1 aliphatic rings. The molecule has 0 unspecified atom stereocenters. The highest BCUT2D eigenvalue weighted by Crippen LogP contribution is 2.30. The first kappa shape index (κ1) is 24.8. The summed E-state index contributed by atoms with van der Waals surface area (Å²) in [6, 6.07) is 15.5. The first-order valence-corrected chi connectivity index (χ1v) is 11.7. The molecule has 2 aromatic carbocycles. The summed E-state index contributed by atoms with van der Waals surface area (Å²) < 4.78 is 11.8. The van der Waals surface area contributed by atoms with E-state index in [2.05, 4.69) is 36.2 Å². The number of carbonyl (C=O) groups is 1. The van der Waals surface area contributed by atoms with Crippen LogP contribution in [0, 0.1) is 0 Å². The lowest BCUT2D eigenvalue weighted by atomic mass is 9.91. The number of rotatable bonds is 9. The summed E-state index contributed by atoms with van der Waals surface area (Å²) >= 11 is 12.0. The van der Waals surface area contributed by atoms with E-state index in [4.69, 9.17) is 32.7 Å². The van der Waals surface area contributed by atoms with Crippen LogP contribution in [0.15, 0.2) is 48.5 Å². The zero-order chi connectivity index (χ0) is 23.2. The van der Waals surface area contributed by atoms with Crippen molar-refractivity contribution in [3.63, 3.8) is 0 Å². The Bertz CT molecular complexity index is 897. The molecule has 1 amide bonds. The molecule has 1 saturated heterocycles. The van der Waals surface area contributed by atoms with E-state index in [1.54, 1.807) is 25.3 Å². The molecule has 7 heteroatoms. The maximum Gasteiger partial charge on any atom is 0.234 e. The molecule has 0 aliphatic carbocycles. The second-order valence-electron chi connectivity index (χ2n) is 9.12. The summed E-state index contributed by atoms with van der Waals surface area (Å²) in [6.07, 6.45) is 2.36. The van der Waals surface area contributed by atoms with Gasteiger partial charge in [0.25, 0.3) is 0 Å². The number of hydrogen-bond donors (Lipinski definition) is 1. The van der Waals surface area contributed by atoms with Crippen LogP contribution >= 0.6 is 23.2 Å². The van der Waals surface area contributed by atoms with Crippen LogP contribution in [-0.4, -0.2) is 55.3 Å². The minimum atomic E-state index is -0.383. The highest BCUT2D eigenvalue weighted by Gasteiger charge is 2.36. The van der Waals surface area contributed by atoms with Gasteiger partial charge in [-0.2, -0.15) is 0 Å². The normalized spacial score (nSPS) is 16.5. The van der Waals surface area contributed by atoms with Crippen LogP contribution in [0.2, 0.25) is 10.0 Å². The lowest BCUT2D eigenvalue weighted by molar-refractivity contribution is -0.126. The Morgan fingerprint density at radius 3 is 2.41 bits per heavy atom. The minimum absolute atomic E-state index is 0.0444. The van der Waals surface area contributed by atoms with Gasteiger partial charge in [0.1, 0.15) is 18.0 Å². The Morgan fingerprint density at radius 2 is 1.78 bits per heavy atom. The van der Waals surface area contributed by atoms with Crippen LogP contribution in [0.5, 0.6) is 5.75 Å². The zero-order valence-electron chi connectivity index (χ0n) is 19.0. The Morgan fingerprint density at radius 1 is 1.09 bits per heavy atom. The maximum atomic E-state index is 12.7.